The van der Waals surface area contributed by atoms with E-state index in [2.05, 4.69) is 52.3 Å². The smallest absolute Gasteiger partial charge is 0.191 e. The number of benzene rings is 1. The Labute approximate surface area is 146 Å². The van der Waals surface area contributed by atoms with Crippen molar-refractivity contribution in [2.45, 2.75) is 39.8 Å². The molecule has 0 aliphatic carbocycles. The van der Waals surface area contributed by atoms with Crippen LogP contribution in [0.5, 0.6) is 0 Å². The van der Waals surface area contributed by atoms with Crippen LogP contribution in [0.3, 0.4) is 0 Å². The van der Waals surface area contributed by atoms with Gasteiger partial charge in [0.15, 0.2) is 5.96 Å². The van der Waals surface area contributed by atoms with E-state index in [1.165, 1.54) is 6.07 Å². The van der Waals surface area contributed by atoms with Gasteiger partial charge in [0.1, 0.15) is 5.82 Å². The van der Waals surface area contributed by atoms with Gasteiger partial charge in [-0.1, -0.05) is 15.9 Å². The number of halogens is 3. The van der Waals surface area contributed by atoms with Crippen LogP contribution in [-0.2, 0) is 6.54 Å². The van der Waals surface area contributed by atoms with Gasteiger partial charge in [-0.15, -0.1) is 24.0 Å². The Morgan fingerprint density at radius 3 is 2.55 bits per heavy atom. The van der Waals surface area contributed by atoms with Crippen LogP contribution in [0.2, 0.25) is 0 Å². The molecule has 6 heteroatoms. The Morgan fingerprint density at radius 1 is 1.35 bits per heavy atom. The maximum atomic E-state index is 13.6. The Bertz CT molecular complexity index is 458. The van der Waals surface area contributed by atoms with E-state index in [0.717, 1.165) is 11.0 Å². The van der Waals surface area contributed by atoms with Crippen LogP contribution in [-0.4, -0.2) is 18.0 Å². The number of hydrogen-bond acceptors (Lipinski definition) is 1. The van der Waals surface area contributed by atoms with Gasteiger partial charge in [-0.25, -0.2) is 9.38 Å². The third kappa shape index (κ3) is 7.42. The first-order chi connectivity index (χ1) is 8.81. The van der Waals surface area contributed by atoms with Gasteiger partial charge in [0.25, 0.3) is 0 Å². The van der Waals surface area contributed by atoms with Crippen molar-refractivity contribution in [3.8, 4) is 0 Å². The fourth-order valence-electron chi connectivity index (χ4n) is 1.49. The molecular formula is C14H22BrFIN3. The summed E-state index contributed by atoms with van der Waals surface area (Å²) in [4.78, 5) is 4.40. The first-order valence-electron chi connectivity index (χ1n) is 6.32. The van der Waals surface area contributed by atoms with Crippen LogP contribution in [0.4, 0.5) is 4.39 Å². The molecule has 0 amide bonds. The molecule has 2 N–H and O–H groups in total. The zero-order valence-electron chi connectivity index (χ0n) is 12.3. The largest absolute Gasteiger partial charge is 0.357 e. The molecule has 1 rings (SSSR count). The van der Waals surface area contributed by atoms with Gasteiger partial charge in [0, 0.05) is 22.1 Å². The number of hydrogen-bond donors (Lipinski definition) is 2. The van der Waals surface area contributed by atoms with Crippen LogP contribution < -0.4 is 10.6 Å². The van der Waals surface area contributed by atoms with Crippen molar-refractivity contribution in [1.82, 2.24) is 10.6 Å². The Hall–Kier alpha value is -0.370. The van der Waals surface area contributed by atoms with Gasteiger partial charge >= 0.3 is 0 Å². The maximum Gasteiger partial charge on any atom is 0.191 e. The Kier molecular flexibility index (Phi) is 8.65. The molecule has 1 aromatic carbocycles. The molecule has 114 valence electrons. The van der Waals surface area contributed by atoms with Gasteiger partial charge < -0.3 is 10.6 Å². The fraction of sp³-hybridized carbons (Fsp3) is 0.500. The first kappa shape index (κ1) is 19.6. The van der Waals surface area contributed by atoms with Crippen LogP contribution in [0, 0.1) is 5.82 Å². The summed E-state index contributed by atoms with van der Waals surface area (Å²) >= 11 is 3.34. The van der Waals surface area contributed by atoms with E-state index >= 15 is 0 Å². The number of aliphatic imine (C=N–C) groups is 1. The van der Waals surface area contributed by atoms with Crippen molar-refractivity contribution in [2.24, 2.45) is 4.99 Å². The summed E-state index contributed by atoms with van der Waals surface area (Å²) in [7, 11) is 0. The third-order valence-electron chi connectivity index (χ3n) is 2.25. The lowest BCUT2D eigenvalue weighted by Crippen LogP contribution is -2.47. The molecule has 0 spiro atoms. The van der Waals surface area contributed by atoms with E-state index in [0.29, 0.717) is 18.1 Å². The van der Waals surface area contributed by atoms with Crippen molar-refractivity contribution >= 4 is 45.9 Å². The molecule has 0 unspecified atom stereocenters. The summed E-state index contributed by atoms with van der Waals surface area (Å²) < 4.78 is 14.5. The number of rotatable bonds is 3. The van der Waals surface area contributed by atoms with Crippen LogP contribution in [0.1, 0.15) is 33.3 Å². The standard InChI is InChI=1S/C14H21BrFN3.HI/c1-5-17-13(19-14(2,3)4)18-9-10-8-11(15)6-7-12(10)16;/h6-8H,5,9H2,1-4H3,(H2,17,18,19);1H. The van der Waals surface area contributed by atoms with Crippen molar-refractivity contribution in [1.29, 1.82) is 0 Å². The number of nitrogens with one attached hydrogen (secondary N) is 2. The van der Waals surface area contributed by atoms with Crippen molar-refractivity contribution in [3.05, 3.63) is 34.1 Å². The normalized spacial score (nSPS) is 11.8. The second kappa shape index (κ2) is 8.81. The van der Waals surface area contributed by atoms with Crippen LogP contribution in [0.15, 0.2) is 27.7 Å². The van der Waals surface area contributed by atoms with Gasteiger partial charge in [-0.3, -0.25) is 0 Å². The highest BCUT2D eigenvalue weighted by atomic mass is 127. The molecule has 0 aromatic heterocycles. The molecule has 0 saturated carbocycles. The lowest BCUT2D eigenvalue weighted by Gasteiger charge is -2.23. The molecule has 0 aliphatic rings. The summed E-state index contributed by atoms with van der Waals surface area (Å²) in [6.07, 6.45) is 0. The molecular weight excluding hydrogens is 436 g/mol. The van der Waals surface area contributed by atoms with Crippen LogP contribution >= 0.6 is 39.9 Å². The molecule has 0 saturated heterocycles. The van der Waals surface area contributed by atoms with E-state index in [9.17, 15) is 4.39 Å². The fourth-order valence-corrected chi connectivity index (χ4v) is 1.90. The maximum absolute atomic E-state index is 13.6. The molecule has 0 heterocycles. The summed E-state index contributed by atoms with van der Waals surface area (Å²) in [5.41, 5.74) is 0.483. The highest BCUT2D eigenvalue weighted by Crippen LogP contribution is 2.16. The quantitative estimate of drug-likeness (QED) is 0.408. The van der Waals surface area contributed by atoms with Gasteiger partial charge in [-0.05, 0) is 45.9 Å². The SMILES string of the molecule is CCNC(=NCc1cc(Br)ccc1F)NC(C)(C)C.I. The van der Waals surface area contributed by atoms with E-state index in [4.69, 9.17) is 0 Å². The Morgan fingerprint density at radius 2 is 2.00 bits per heavy atom. The molecule has 0 radical (unpaired) electrons. The number of guanidine groups is 1. The molecule has 0 fully saturated rings. The van der Waals surface area contributed by atoms with Gasteiger partial charge in [0.05, 0.1) is 6.54 Å². The predicted molar refractivity (Wildman–Crippen MR) is 97.2 cm³/mol. The zero-order chi connectivity index (χ0) is 14.5. The molecule has 20 heavy (non-hydrogen) atoms. The average Bonchev–Trinajstić information content (AvgIpc) is 2.28. The number of nitrogens with zero attached hydrogens (tertiary/aromatic N) is 1. The van der Waals surface area contributed by atoms with E-state index in [1.807, 2.05) is 6.92 Å². The first-order valence-corrected chi connectivity index (χ1v) is 7.11. The minimum atomic E-state index is -0.237. The summed E-state index contributed by atoms with van der Waals surface area (Å²) in [6, 6.07) is 4.87. The van der Waals surface area contributed by atoms with Gasteiger partial charge in [0.2, 0.25) is 0 Å². The summed E-state index contributed by atoms with van der Waals surface area (Å²) in [5, 5.41) is 6.41. The minimum Gasteiger partial charge on any atom is -0.357 e. The molecule has 1 aromatic rings. The molecule has 3 nitrogen and oxygen atoms in total. The zero-order valence-corrected chi connectivity index (χ0v) is 16.2. The minimum absolute atomic E-state index is 0. The predicted octanol–water partition coefficient (Wildman–Crippen LogP) is 4.06. The van der Waals surface area contributed by atoms with Crippen molar-refractivity contribution in [2.75, 3.05) is 6.54 Å². The van der Waals surface area contributed by atoms with Crippen molar-refractivity contribution < 1.29 is 4.39 Å². The second-order valence-corrected chi connectivity index (χ2v) is 6.22. The molecule has 0 aliphatic heterocycles. The van der Waals surface area contributed by atoms with E-state index < -0.39 is 0 Å². The van der Waals surface area contributed by atoms with E-state index in [-0.39, 0.29) is 35.3 Å². The molecule has 0 atom stereocenters. The topological polar surface area (TPSA) is 36.4 Å². The highest BCUT2D eigenvalue weighted by molar-refractivity contribution is 14.0. The summed E-state index contributed by atoms with van der Waals surface area (Å²) in [5.74, 6) is 0.452. The Balaban J connectivity index is 0.00000361. The highest BCUT2D eigenvalue weighted by Gasteiger charge is 2.11. The monoisotopic (exact) mass is 457 g/mol. The lowest BCUT2D eigenvalue weighted by molar-refractivity contribution is 0.501. The van der Waals surface area contributed by atoms with Gasteiger partial charge in [-0.2, -0.15) is 0 Å². The lowest BCUT2D eigenvalue weighted by atomic mass is 10.1. The average molecular weight is 458 g/mol. The van der Waals surface area contributed by atoms with Crippen molar-refractivity contribution in [3.63, 3.8) is 0 Å². The molecule has 0 bridgehead atoms. The third-order valence-corrected chi connectivity index (χ3v) is 2.75. The summed E-state index contributed by atoms with van der Waals surface area (Å²) in [6.45, 7) is 9.23. The second-order valence-electron chi connectivity index (χ2n) is 5.31. The van der Waals surface area contributed by atoms with E-state index in [1.54, 1.807) is 12.1 Å². The van der Waals surface area contributed by atoms with Crippen LogP contribution in [0.25, 0.3) is 0 Å².